The van der Waals surface area contributed by atoms with Crippen LogP contribution in [-0.4, -0.2) is 24.9 Å². The highest BCUT2D eigenvalue weighted by molar-refractivity contribution is 5.83. The lowest BCUT2D eigenvalue weighted by Gasteiger charge is -2.04. The van der Waals surface area contributed by atoms with Gasteiger partial charge in [0.1, 0.15) is 0 Å². The van der Waals surface area contributed by atoms with Crippen molar-refractivity contribution < 1.29 is 9.59 Å². The first-order valence-corrected chi connectivity index (χ1v) is 5.82. The maximum absolute atomic E-state index is 11.2. The maximum atomic E-state index is 11.2. The average molecular weight is 212 g/mol. The van der Waals surface area contributed by atoms with Gasteiger partial charge in [-0.05, 0) is 12.8 Å². The third-order valence-corrected chi connectivity index (χ3v) is 2.58. The molecular formula is C11H20N2O2. The van der Waals surface area contributed by atoms with Gasteiger partial charge in [0, 0.05) is 25.9 Å². The quantitative estimate of drug-likeness (QED) is 0.628. The maximum Gasteiger partial charge on any atom is 0.220 e. The van der Waals surface area contributed by atoms with Crippen molar-refractivity contribution in [3.63, 3.8) is 0 Å². The van der Waals surface area contributed by atoms with Crippen molar-refractivity contribution in [3.8, 4) is 0 Å². The highest BCUT2D eigenvalue weighted by Gasteiger charge is 2.06. The van der Waals surface area contributed by atoms with Crippen LogP contribution in [0.15, 0.2) is 0 Å². The van der Waals surface area contributed by atoms with Gasteiger partial charge in [0.15, 0.2) is 0 Å². The van der Waals surface area contributed by atoms with E-state index in [9.17, 15) is 9.59 Å². The Kier molecular flexibility index (Phi) is 5.81. The second-order valence-corrected chi connectivity index (χ2v) is 3.97. The van der Waals surface area contributed by atoms with Crippen molar-refractivity contribution in [2.45, 2.75) is 44.9 Å². The number of amides is 2. The van der Waals surface area contributed by atoms with Crippen LogP contribution in [0, 0.1) is 0 Å². The minimum atomic E-state index is -0.00982. The summed E-state index contributed by atoms with van der Waals surface area (Å²) in [4.78, 5) is 22.5. The Morgan fingerprint density at radius 1 is 0.667 bits per heavy atom. The van der Waals surface area contributed by atoms with E-state index >= 15 is 0 Å². The Morgan fingerprint density at radius 3 is 1.53 bits per heavy atom. The molecule has 4 heteroatoms. The molecule has 86 valence electrons. The van der Waals surface area contributed by atoms with Crippen molar-refractivity contribution >= 4 is 11.8 Å². The van der Waals surface area contributed by atoms with Crippen LogP contribution < -0.4 is 10.6 Å². The molecule has 0 unspecified atom stereocenters. The molecule has 0 radical (unpaired) electrons. The van der Waals surface area contributed by atoms with E-state index in [0.29, 0.717) is 12.8 Å². The fourth-order valence-electron chi connectivity index (χ4n) is 1.64. The van der Waals surface area contributed by atoms with Gasteiger partial charge >= 0.3 is 0 Å². The number of nitrogens with one attached hydrogen (secondary N) is 2. The van der Waals surface area contributed by atoms with E-state index < -0.39 is 0 Å². The molecule has 0 saturated carbocycles. The summed E-state index contributed by atoms with van der Waals surface area (Å²) in [5.41, 5.74) is 0. The minimum Gasteiger partial charge on any atom is -0.356 e. The molecule has 1 aliphatic rings. The van der Waals surface area contributed by atoms with E-state index in [1.165, 1.54) is 6.42 Å². The van der Waals surface area contributed by atoms with Crippen molar-refractivity contribution in [1.82, 2.24) is 10.6 Å². The third-order valence-electron chi connectivity index (χ3n) is 2.58. The standard InChI is InChI=1S/C11H20N2O2/c14-10-6-7-11(15)13-9-5-3-1-2-4-8-12-10/h1-9H2,(H,12,14)(H,13,15). The fraction of sp³-hybridized carbons (Fsp3) is 0.818. The van der Waals surface area contributed by atoms with Crippen molar-refractivity contribution in [3.05, 3.63) is 0 Å². The van der Waals surface area contributed by atoms with E-state index in [-0.39, 0.29) is 11.8 Å². The lowest BCUT2D eigenvalue weighted by molar-refractivity contribution is -0.126. The van der Waals surface area contributed by atoms with Gasteiger partial charge in [-0.3, -0.25) is 9.59 Å². The molecule has 1 rings (SSSR count). The predicted octanol–water partition coefficient (Wildman–Crippen LogP) is 0.963. The molecule has 0 bridgehead atoms. The molecule has 0 aromatic carbocycles. The summed E-state index contributed by atoms with van der Waals surface area (Å²) in [6.07, 6.45) is 6.23. The molecule has 1 saturated heterocycles. The van der Waals surface area contributed by atoms with Crippen molar-refractivity contribution in [1.29, 1.82) is 0 Å². The first kappa shape index (κ1) is 12.0. The summed E-state index contributed by atoms with van der Waals surface area (Å²) < 4.78 is 0. The Hall–Kier alpha value is -1.06. The van der Waals surface area contributed by atoms with E-state index in [0.717, 1.165) is 38.8 Å². The zero-order valence-corrected chi connectivity index (χ0v) is 9.18. The van der Waals surface area contributed by atoms with Gasteiger partial charge in [0.25, 0.3) is 0 Å². The van der Waals surface area contributed by atoms with Crippen molar-refractivity contribution in [2.75, 3.05) is 13.1 Å². The van der Waals surface area contributed by atoms with Crippen LogP contribution in [0.2, 0.25) is 0 Å². The summed E-state index contributed by atoms with van der Waals surface area (Å²) in [5.74, 6) is -0.0196. The molecule has 0 spiro atoms. The van der Waals surface area contributed by atoms with Gasteiger partial charge in [-0.2, -0.15) is 0 Å². The second kappa shape index (κ2) is 7.26. The Bertz CT molecular complexity index is 195. The number of hydrogen-bond acceptors (Lipinski definition) is 2. The molecule has 2 amide bonds. The van der Waals surface area contributed by atoms with E-state index in [4.69, 9.17) is 0 Å². The number of carbonyl (C=O) groups excluding carboxylic acids is 2. The second-order valence-electron chi connectivity index (χ2n) is 3.97. The highest BCUT2D eigenvalue weighted by atomic mass is 16.2. The molecule has 1 aliphatic heterocycles. The smallest absolute Gasteiger partial charge is 0.220 e. The normalized spacial score (nSPS) is 21.6. The van der Waals surface area contributed by atoms with Crippen LogP contribution in [0.4, 0.5) is 0 Å². The van der Waals surface area contributed by atoms with Gasteiger partial charge in [-0.15, -0.1) is 0 Å². The van der Waals surface area contributed by atoms with Crippen LogP contribution in [-0.2, 0) is 9.59 Å². The summed E-state index contributed by atoms with van der Waals surface area (Å²) in [5, 5.41) is 5.64. The molecular weight excluding hydrogens is 192 g/mol. The first-order chi connectivity index (χ1) is 7.29. The van der Waals surface area contributed by atoms with Gasteiger partial charge in [0.05, 0.1) is 0 Å². The molecule has 0 atom stereocenters. The molecule has 4 nitrogen and oxygen atoms in total. The van der Waals surface area contributed by atoms with Crippen molar-refractivity contribution in [2.24, 2.45) is 0 Å². The summed E-state index contributed by atoms with van der Waals surface area (Å²) in [6.45, 7) is 1.50. The SMILES string of the molecule is O=C1CCC(=O)NCCCCCCCN1. The Balaban J connectivity index is 2.28. The zero-order valence-electron chi connectivity index (χ0n) is 9.18. The lowest BCUT2D eigenvalue weighted by atomic mass is 10.1. The van der Waals surface area contributed by atoms with Gasteiger partial charge in [0.2, 0.25) is 11.8 Å². The Labute approximate surface area is 90.8 Å². The number of hydrogen-bond donors (Lipinski definition) is 2. The van der Waals surface area contributed by atoms with Crippen LogP contribution >= 0.6 is 0 Å². The van der Waals surface area contributed by atoms with Crippen LogP contribution in [0.1, 0.15) is 44.9 Å². The first-order valence-electron chi connectivity index (χ1n) is 5.82. The zero-order chi connectivity index (χ0) is 10.9. The summed E-state index contributed by atoms with van der Waals surface area (Å²) in [7, 11) is 0. The molecule has 2 N–H and O–H groups in total. The average Bonchev–Trinajstić information content (AvgIpc) is 2.24. The summed E-state index contributed by atoms with van der Waals surface area (Å²) >= 11 is 0. The topological polar surface area (TPSA) is 58.2 Å². The molecule has 15 heavy (non-hydrogen) atoms. The fourth-order valence-corrected chi connectivity index (χ4v) is 1.64. The molecule has 0 aliphatic carbocycles. The van der Waals surface area contributed by atoms with E-state index in [2.05, 4.69) is 10.6 Å². The highest BCUT2D eigenvalue weighted by Crippen LogP contribution is 2.02. The van der Waals surface area contributed by atoms with Crippen LogP contribution in [0.3, 0.4) is 0 Å². The molecule has 0 aromatic rings. The largest absolute Gasteiger partial charge is 0.356 e. The minimum absolute atomic E-state index is 0.00982. The number of rotatable bonds is 0. The van der Waals surface area contributed by atoms with Crippen LogP contribution in [0.25, 0.3) is 0 Å². The van der Waals surface area contributed by atoms with Gasteiger partial charge in [-0.1, -0.05) is 19.3 Å². The molecule has 0 aromatic heterocycles. The number of carbonyl (C=O) groups is 2. The summed E-state index contributed by atoms with van der Waals surface area (Å²) in [6, 6.07) is 0. The van der Waals surface area contributed by atoms with E-state index in [1.807, 2.05) is 0 Å². The lowest BCUT2D eigenvalue weighted by Crippen LogP contribution is -2.28. The van der Waals surface area contributed by atoms with Gasteiger partial charge in [-0.25, -0.2) is 0 Å². The monoisotopic (exact) mass is 212 g/mol. The Morgan fingerprint density at radius 2 is 1.07 bits per heavy atom. The molecule has 1 heterocycles. The molecule has 1 fully saturated rings. The predicted molar refractivity (Wildman–Crippen MR) is 58.3 cm³/mol. The van der Waals surface area contributed by atoms with Gasteiger partial charge < -0.3 is 10.6 Å². The van der Waals surface area contributed by atoms with Crippen LogP contribution in [0.5, 0.6) is 0 Å². The third kappa shape index (κ3) is 6.10. The van der Waals surface area contributed by atoms with E-state index in [1.54, 1.807) is 0 Å².